The third-order valence-corrected chi connectivity index (χ3v) is 3.55. The minimum atomic E-state index is -0.179. The number of nitrogens with one attached hydrogen (secondary N) is 1. The van der Waals surface area contributed by atoms with E-state index in [-0.39, 0.29) is 5.54 Å². The van der Waals surface area contributed by atoms with E-state index in [1.54, 1.807) is 12.4 Å². The van der Waals surface area contributed by atoms with Gasteiger partial charge in [-0.05, 0) is 44.9 Å². The Balaban J connectivity index is 1.97. The molecule has 0 aliphatic carbocycles. The van der Waals surface area contributed by atoms with Crippen molar-refractivity contribution in [3.8, 4) is 11.4 Å². The van der Waals surface area contributed by atoms with Crippen molar-refractivity contribution in [2.45, 2.75) is 32.2 Å². The van der Waals surface area contributed by atoms with Crippen molar-refractivity contribution in [1.29, 1.82) is 0 Å². The Morgan fingerprint density at radius 1 is 1.44 bits per heavy atom. The molecule has 1 atom stereocenters. The molecule has 0 amide bonds. The highest BCUT2D eigenvalue weighted by molar-refractivity contribution is 5.57. The van der Waals surface area contributed by atoms with Gasteiger partial charge in [0.1, 0.15) is 0 Å². The third kappa shape index (κ3) is 1.80. The standard InChI is InChI=1S/C13H16N4O/c1-9-4-7-14-8-10(9)11-16-12(18-17-11)13(2)5-3-6-15-13/h4,7-8,15H,3,5-6H2,1-2H3. The monoisotopic (exact) mass is 244 g/mol. The minimum Gasteiger partial charge on any atom is -0.337 e. The van der Waals surface area contributed by atoms with Gasteiger partial charge in [0.25, 0.3) is 0 Å². The first-order chi connectivity index (χ1) is 8.69. The molecule has 1 unspecified atom stereocenters. The summed E-state index contributed by atoms with van der Waals surface area (Å²) in [6.45, 7) is 5.12. The molecule has 2 aromatic heterocycles. The fourth-order valence-corrected chi connectivity index (χ4v) is 2.33. The molecule has 1 fully saturated rings. The Hall–Kier alpha value is -1.75. The second kappa shape index (κ2) is 4.17. The van der Waals surface area contributed by atoms with Crippen molar-refractivity contribution in [2.24, 2.45) is 0 Å². The Morgan fingerprint density at radius 3 is 3.06 bits per heavy atom. The Morgan fingerprint density at radius 2 is 2.33 bits per heavy atom. The van der Waals surface area contributed by atoms with Crippen molar-refractivity contribution in [3.63, 3.8) is 0 Å². The minimum absolute atomic E-state index is 0.179. The van der Waals surface area contributed by atoms with Gasteiger partial charge in [0, 0.05) is 18.0 Å². The Labute approximate surface area is 106 Å². The first kappa shape index (κ1) is 11.3. The molecule has 0 bridgehead atoms. The van der Waals surface area contributed by atoms with Gasteiger partial charge in [-0.2, -0.15) is 4.98 Å². The van der Waals surface area contributed by atoms with Crippen LogP contribution in [0.25, 0.3) is 11.4 Å². The van der Waals surface area contributed by atoms with Gasteiger partial charge in [-0.3, -0.25) is 4.98 Å². The van der Waals surface area contributed by atoms with E-state index >= 15 is 0 Å². The summed E-state index contributed by atoms with van der Waals surface area (Å²) in [6.07, 6.45) is 5.70. The van der Waals surface area contributed by atoms with Gasteiger partial charge in [-0.15, -0.1) is 0 Å². The maximum atomic E-state index is 5.41. The van der Waals surface area contributed by atoms with E-state index in [2.05, 4.69) is 27.4 Å². The molecule has 1 aliphatic heterocycles. The third-order valence-electron chi connectivity index (χ3n) is 3.55. The van der Waals surface area contributed by atoms with Gasteiger partial charge >= 0.3 is 0 Å². The number of rotatable bonds is 2. The average molecular weight is 244 g/mol. The van der Waals surface area contributed by atoms with E-state index in [0.29, 0.717) is 11.7 Å². The van der Waals surface area contributed by atoms with E-state index < -0.39 is 0 Å². The maximum absolute atomic E-state index is 5.41. The number of hydrogen-bond acceptors (Lipinski definition) is 5. The zero-order valence-corrected chi connectivity index (χ0v) is 10.6. The lowest BCUT2D eigenvalue weighted by Crippen LogP contribution is -2.33. The lowest BCUT2D eigenvalue weighted by Gasteiger charge is -2.18. The highest BCUT2D eigenvalue weighted by Crippen LogP contribution is 2.30. The first-order valence-electron chi connectivity index (χ1n) is 6.19. The van der Waals surface area contributed by atoms with Crippen LogP contribution >= 0.6 is 0 Å². The maximum Gasteiger partial charge on any atom is 0.246 e. The molecule has 1 saturated heterocycles. The summed E-state index contributed by atoms with van der Waals surface area (Å²) >= 11 is 0. The predicted octanol–water partition coefficient (Wildman–Crippen LogP) is 2.04. The molecule has 18 heavy (non-hydrogen) atoms. The molecule has 0 saturated carbocycles. The summed E-state index contributed by atoms with van der Waals surface area (Å²) in [7, 11) is 0. The number of nitrogens with zero attached hydrogens (tertiary/aromatic N) is 3. The van der Waals surface area contributed by atoms with Crippen LogP contribution in [0.2, 0.25) is 0 Å². The Kier molecular flexibility index (Phi) is 2.63. The van der Waals surface area contributed by atoms with Crippen molar-refractivity contribution in [2.75, 3.05) is 6.54 Å². The quantitative estimate of drug-likeness (QED) is 0.875. The molecule has 5 heteroatoms. The van der Waals surface area contributed by atoms with Gasteiger partial charge in [-0.25, -0.2) is 0 Å². The second-order valence-corrected chi connectivity index (χ2v) is 4.98. The summed E-state index contributed by atoms with van der Waals surface area (Å²) in [6, 6.07) is 1.95. The Bertz CT molecular complexity index is 558. The SMILES string of the molecule is Cc1ccncc1-c1noc(C2(C)CCCN2)n1. The molecule has 1 N–H and O–H groups in total. The van der Waals surface area contributed by atoms with Crippen LogP contribution in [0.4, 0.5) is 0 Å². The summed E-state index contributed by atoms with van der Waals surface area (Å²) in [5.41, 5.74) is 1.84. The molecule has 0 radical (unpaired) electrons. The van der Waals surface area contributed by atoms with Crippen molar-refractivity contribution < 1.29 is 4.52 Å². The first-order valence-corrected chi connectivity index (χ1v) is 6.19. The largest absolute Gasteiger partial charge is 0.337 e. The molecular weight excluding hydrogens is 228 g/mol. The number of aryl methyl sites for hydroxylation is 1. The normalized spacial score (nSPS) is 23.4. The van der Waals surface area contributed by atoms with Crippen LogP contribution in [0.15, 0.2) is 23.0 Å². The summed E-state index contributed by atoms with van der Waals surface area (Å²) in [4.78, 5) is 8.62. The van der Waals surface area contributed by atoms with Gasteiger partial charge in [0.15, 0.2) is 0 Å². The lowest BCUT2D eigenvalue weighted by atomic mass is 10.0. The summed E-state index contributed by atoms with van der Waals surface area (Å²) < 4.78 is 5.41. The lowest BCUT2D eigenvalue weighted by molar-refractivity contribution is 0.275. The van der Waals surface area contributed by atoms with Gasteiger partial charge in [0.2, 0.25) is 11.7 Å². The zero-order valence-electron chi connectivity index (χ0n) is 10.6. The van der Waals surface area contributed by atoms with Gasteiger partial charge < -0.3 is 9.84 Å². The molecule has 0 aromatic carbocycles. The van der Waals surface area contributed by atoms with Crippen molar-refractivity contribution >= 4 is 0 Å². The van der Waals surface area contributed by atoms with E-state index in [9.17, 15) is 0 Å². The highest BCUT2D eigenvalue weighted by atomic mass is 16.5. The molecule has 3 heterocycles. The molecule has 5 nitrogen and oxygen atoms in total. The highest BCUT2D eigenvalue weighted by Gasteiger charge is 2.35. The van der Waals surface area contributed by atoms with Crippen LogP contribution in [0, 0.1) is 6.92 Å². The average Bonchev–Trinajstić information content (AvgIpc) is 2.99. The van der Waals surface area contributed by atoms with E-state index in [1.807, 2.05) is 13.0 Å². The van der Waals surface area contributed by atoms with Gasteiger partial charge in [-0.1, -0.05) is 5.16 Å². The van der Waals surface area contributed by atoms with Crippen LogP contribution < -0.4 is 5.32 Å². The van der Waals surface area contributed by atoms with E-state index in [1.165, 1.54) is 0 Å². The smallest absolute Gasteiger partial charge is 0.246 e. The molecular formula is C13H16N4O. The summed E-state index contributed by atoms with van der Waals surface area (Å²) in [5.74, 6) is 1.28. The molecule has 94 valence electrons. The fraction of sp³-hybridized carbons (Fsp3) is 0.462. The number of aromatic nitrogens is 3. The summed E-state index contributed by atoms with van der Waals surface area (Å²) in [5, 5.41) is 7.49. The van der Waals surface area contributed by atoms with Crippen LogP contribution in [-0.4, -0.2) is 21.7 Å². The van der Waals surface area contributed by atoms with Crippen LogP contribution in [-0.2, 0) is 5.54 Å². The number of hydrogen-bond donors (Lipinski definition) is 1. The molecule has 3 rings (SSSR count). The van der Waals surface area contributed by atoms with Gasteiger partial charge in [0.05, 0.1) is 5.54 Å². The molecule has 0 spiro atoms. The topological polar surface area (TPSA) is 63.8 Å². The molecule has 2 aromatic rings. The van der Waals surface area contributed by atoms with Crippen molar-refractivity contribution in [3.05, 3.63) is 29.9 Å². The van der Waals surface area contributed by atoms with Crippen LogP contribution in [0.3, 0.4) is 0 Å². The fourth-order valence-electron chi connectivity index (χ4n) is 2.33. The number of pyridine rings is 1. The van der Waals surface area contributed by atoms with Crippen LogP contribution in [0.5, 0.6) is 0 Å². The van der Waals surface area contributed by atoms with E-state index in [4.69, 9.17) is 4.52 Å². The predicted molar refractivity (Wildman–Crippen MR) is 66.9 cm³/mol. The van der Waals surface area contributed by atoms with Crippen molar-refractivity contribution in [1.82, 2.24) is 20.4 Å². The van der Waals surface area contributed by atoms with E-state index in [0.717, 1.165) is 30.5 Å². The molecule has 1 aliphatic rings. The second-order valence-electron chi connectivity index (χ2n) is 4.98. The van der Waals surface area contributed by atoms with Crippen LogP contribution in [0.1, 0.15) is 31.2 Å². The zero-order chi connectivity index (χ0) is 12.6.